The van der Waals surface area contributed by atoms with Crippen LogP contribution in [0.3, 0.4) is 0 Å². The minimum absolute atomic E-state index is 0.168. The van der Waals surface area contributed by atoms with E-state index in [1.165, 1.54) is 0 Å². The number of piperazine rings is 1. The number of hydrogen-bond acceptors (Lipinski definition) is 4. The quantitative estimate of drug-likeness (QED) is 0.421. The van der Waals surface area contributed by atoms with Gasteiger partial charge in [-0.25, -0.2) is 0 Å². The van der Waals surface area contributed by atoms with Crippen LogP contribution in [0.2, 0.25) is 0 Å². The van der Waals surface area contributed by atoms with Crippen LogP contribution >= 0.6 is 0 Å². The molecule has 12 heavy (non-hydrogen) atoms. The summed E-state index contributed by atoms with van der Waals surface area (Å²) in [7, 11) is 0. The largest absolute Gasteiger partial charge is 0.330 e. The van der Waals surface area contributed by atoms with Crippen LogP contribution in [0.4, 0.5) is 0 Å². The molecule has 0 aromatic rings. The van der Waals surface area contributed by atoms with E-state index in [1.807, 2.05) is 0 Å². The van der Waals surface area contributed by atoms with Crippen molar-refractivity contribution in [2.45, 2.75) is 18.4 Å². The van der Waals surface area contributed by atoms with Crippen LogP contribution in [0.1, 0.15) is 12.8 Å². The van der Waals surface area contributed by atoms with Gasteiger partial charge in [0, 0.05) is 25.2 Å². The second-order valence-corrected chi connectivity index (χ2v) is 3.46. The summed E-state index contributed by atoms with van der Waals surface area (Å²) in [5.74, 6) is 0. The Kier molecular flexibility index (Phi) is 3.94. The molecule has 1 fully saturated rings. The highest BCUT2D eigenvalue weighted by Crippen LogP contribution is 2.14. The maximum atomic E-state index is 5.57. The third-order valence-electron chi connectivity index (χ3n) is 2.51. The zero-order chi connectivity index (χ0) is 8.86. The van der Waals surface area contributed by atoms with Crippen LogP contribution in [-0.4, -0.2) is 38.3 Å². The van der Waals surface area contributed by atoms with Crippen molar-refractivity contribution in [1.82, 2.24) is 10.6 Å². The number of rotatable bonds is 4. The summed E-state index contributed by atoms with van der Waals surface area (Å²) in [5, 5.41) is 6.88. The van der Waals surface area contributed by atoms with Crippen LogP contribution in [0.25, 0.3) is 0 Å². The molecule has 1 rings (SSSR count). The van der Waals surface area contributed by atoms with Gasteiger partial charge in [0.1, 0.15) is 0 Å². The van der Waals surface area contributed by atoms with Crippen molar-refractivity contribution in [3.63, 3.8) is 0 Å². The van der Waals surface area contributed by atoms with Crippen LogP contribution in [0.5, 0.6) is 0 Å². The summed E-state index contributed by atoms with van der Waals surface area (Å²) >= 11 is 0. The second-order valence-electron chi connectivity index (χ2n) is 3.46. The summed E-state index contributed by atoms with van der Waals surface area (Å²) < 4.78 is 0. The standard InChI is InChI=1S/C8H20N4/c9-3-1-8(2-4-10)7-11-5-6-12-8/h11-12H,1-7,9-10H2. The fourth-order valence-corrected chi connectivity index (χ4v) is 1.84. The number of nitrogens with two attached hydrogens (primary N) is 2. The first-order valence-corrected chi connectivity index (χ1v) is 4.69. The average molecular weight is 172 g/mol. The molecule has 72 valence electrons. The summed E-state index contributed by atoms with van der Waals surface area (Å²) in [4.78, 5) is 0. The molecule has 1 saturated heterocycles. The molecule has 4 heteroatoms. The van der Waals surface area contributed by atoms with E-state index in [2.05, 4.69) is 10.6 Å². The van der Waals surface area contributed by atoms with Gasteiger partial charge < -0.3 is 22.1 Å². The van der Waals surface area contributed by atoms with Crippen molar-refractivity contribution < 1.29 is 0 Å². The highest BCUT2D eigenvalue weighted by atomic mass is 15.1. The lowest BCUT2D eigenvalue weighted by atomic mass is 9.89. The van der Waals surface area contributed by atoms with E-state index in [9.17, 15) is 0 Å². The molecule has 1 heterocycles. The van der Waals surface area contributed by atoms with Gasteiger partial charge in [-0.2, -0.15) is 0 Å². The van der Waals surface area contributed by atoms with Crippen molar-refractivity contribution in [3.8, 4) is 0 Å². The highest BCUT2D eigenvalue weighted by Gasteiger charge is 2.29. The van der Waals surface area contributed by atoms with Gasteiger partial charge in [0.05, 0.1) is 0 Å². The van der Waals surface area contributed by atoms with Gasteiger partial charge in [0.15, 0.2) is 0 Å². The number of hydrogen-bond donors (Lipinski definition) is 4. The van der Waals surface area contributed by atoms with Crippen molar-refractivity contribution >= 4 is 0 Å². The molecule has 0 saturated carbocycles. The second kappa shape index (κ2) is 4.77. The van der Waals surface area contributed by atoms with Crippen LogP contribution in [-0.2, 0) is 0 Å². The molecule has 0 spiro atoms. The molecule has 0 aromatic heterocycles. The molecular weight excluding hydrogens is 152 g/mol. The zero-order valence-corrected chi connectivity index (χ0v) is 7.60. The Morgan fingerprint density at radius 1 is 1.08 bits per heavy atom. The van der Waals surface area contributed by atoms with Gasteiger partial charge in [-0.3, -0.25) is 0 Å². The zero-order valence-electron chi connectivity index (χ0n) is 7.60. The molecule has 0 atom stereocenters. The van der Waals surface area contributed by atoms with Gasteiger partial charge in [-0.1, -0.05) is 0 Å². The molecule has 4 nitrogen and oxygen atoms in total. The van der Waals surface area contributed by atoms with Crippen molar-refractivity contribution in [2.24, 2.45) is 11.5 Å². The minimum Gasteiger partial charge on any atom is -0.330 e. The first kappa shape index (κ1) is 9.92. The SMILES string of the molecule is NCCC1(CCN)CNCCN1. The summed E-state index contributed by atoms with van der Waals surface area (Å²) in [5.41, 5.74) is 11.3. The Hall–Kier alpha value is -0.160. The van der Waals surface area contributed by atoms with Gasteiger partial charge in [0.2, 0.25) is 0 Å². The van der Waals surface area contributed by atoms with E-state index in [0.717, 1.165) is 45.6 Å². The van der Waals surface area contributed by atoms with Crippen molar-refractivity contribution in [3.05, 3.63) is 0 Å². The maximum Gasteiger partial charge on any atom is 0.0330 e. The average Bonchev–Trinajstić information content (AvgIpc) is 2.07. The molecule has 6 N–H and O–H groups in total. The maximum absolute atomic E-state index is 5.57. The summed E-state index contributed by atoms with van der Waals surface area (Å²) in [6, 6.07) is 0. The number of nitrogens with one attached hydrogen (secondary N) is 2. The monoisotopic (exact) mass is 172 g/mol. The topological polar surface area (TPSA) is 76.1 Å². The Labute approximate surface area is 74.1 Å². The van der Waals surface area contributed by atoms with Gasteiger partial charge in [-0.15, -0.1) is 0 Å². The molecule has 0 bridgehead atoms. The normalized spacial score (nSPS) is 22.5. The highest BCUT2D eigenvalue weighted by molar-refractivity contribution is 4.93. The van der Waals surface area contributed by atoms with E-state index in [-0.39, 0.29) is 5.54 Å². The molecule has 0 amide bonds. The van der Waals surface area contributed by atoms with E-state index < -0.39 is 0 Å². The molecular formula is C8H20N4. The molecule has 0 aliphatic carbocycles. The lowest BCUT2D eigenvalue weighted by Crippen LogP contribution is -2.60. The Morgan fingerprint density at radius 2 is 1.75 bits per heavy atom. The van der Waals surface area contributed by atoms with Gasteiger partial charge in [-0.05, 0) is 25.9 Å². The van der Waals surface area contributed by atoms with E-state index in [1.54, 1.807) is 0 Å². The molecule has 1 aliphatic rings. The minimum atomic E-state index is 0.168. The van der Waals surface area contributed by atoms with Crippen LogP contribution < -0.4 is 22.1 Å². The van der Waals surface area contributed by atoms with Crippen molar-refractivity contribution in [2.75, 3.05) is 32.7 Å². The Bertz CT molecular complexity index is 105. The predicted molar refractivity (Wildman–Crippen MR) is 50.9 cm³/mol. The Morgan fingerprint density at radius 3 is 2.17 bits per heavy atom. The molecule has 1 aliphatic heterocycles. The predicted octanol–water partition coefficient (Wildman–Crippen LogP) is -1.38. The summed E-state index contributed by atoms with van der Waals surface area (Å²) in [6.45, 7) is 4.54. The fraction of sp³-hybridized carbons (Fsp3) is 1.00. The smallest absolute Gasteiger partial charge is 0.0330 e. The summed E-state index contributed by atoms with van der Waals surface area (Å²) in [6.07, 6.45) is 2.02. The van der Waals surface area contributed by atoms with Gasteiger partial charge in [0.25, 0.3) is 0 Å². The lowest BCUT2D eigenvalue weighted by Gasteiger charge is -2.38. The molecule has 0 aromatic carbocycles. The van der Waals surface area contributed by atoms with E-state index in [4.69, 9.17) is 11.5 Å². The van der Waals surface area contributed by atoms with Crippen LogP contribution in [0, 0.1) is 0 Å². The van der Waals surface area contributed by atoms with E-state index in [0.29, 0.717) is 0 Å². The third-order valence-corrected chi connectivity index (χ3v) is 2.51. The fourth-order valence-electron chi connectivity index (χ4n) is 1.84. The molecule has 0 radical (unpaired) electrons. The first-order chi connectivity index (χ1) is 5.83. The van der Waals surface area contributed by atoms with Crippen molar-refractivity contribution in [1.29, 1.82) is 0 Å². The Balaban J connectivity index is 2.44. The lowest BCUT2D eigenvalue weighted by molar-refractivity contribution is 0.244. The van der Waals surface area contributed by atoms with Crippen LogP contribution in [0.15, 0.2) is 0 Å². The van der Waals surface area contributed by atoms with E-state index >= 15 is 0 Å². The molecule has 0 unspecified atom stereocenters. The van der Waals surface area contributed by atoms with Gasteiger partial charge >= 0.3 is 0 Å². The third kappa shape index (κ3) is 2.42. The first-order valence-electron chi connectivity index (χ1n) is 4.69.